The highest BCUT2D eigenvalue weighted by Crippen LogP contribution is 2.19. The molecule has 0 radical (unpaired) electrons. The van der Waals surface area contributed by atoms with Crippen LogP contribution in [0, 0.1) is 6.92 Å². The van der Waals surface area contributed by atoms with Gasteiger partial charge >= 0.3 is 0 Å². The third kappa shape index (κ3) is 2.59. The molecule has 2 N–H and O–H groups in total. The minimum atomic E-state index is -0.131. The van der Waals surface area contributed by atoms with Crippen LogP contribution in [0.15, 0.2) is 34.8 Å². The van der Waals surface area contributed by atoms with E-state index in [0.717, 1.165) is 23.3 Å². The number of aryl methyl sites for hydroxylation is 1. The van der Waals surface area contributed by atoms with Gasteiger partial charge in [-0.05, 0) is 58.2 Å². The number of carbonyl (C=O) groups excluding carboxylic acids is 1. The zero-order chi connectivity index (χ0) is 14.1. The van der Waals surface area contributed by atoms with Crippen molar-refractivity contribution in [3.8, 4) is 0 Å². The SMILES string of the molecule is Cc1nc(NC(=O)c2ccc3c(c2)CNC3)ccc1Br. The van der Waals surface area contributed by atoms with E-state index in [-0.39, 0.29) is 5.91 Å². The van der Waals surface area contributed by atoms with Gasteiger partial charge in [-0.15, -0.1) is 0 Å². The summed E-state index contributed by atoms with van der Waals surface area (Å²) in [5, 5.41) is 6.09. The molecule has 3 rings (SSSR count). The van der Waals surface area contributed by atoms with E-state index in [4.69, 9.17) is 0 Å². The van der Waals surface area contributed by atoms with Crippen molar-refractivity contribution in [1.82, 2.24) is 10.3 Å². The molecule has 2 heterocycles. The molecule has 0 spiro atoms. The first kappa shape index (κ1) is 13.3. The van der Waals surface area contributed by atoms with Gasteiger partial charge in [0.25, 0.3) is 5.91 Å². The summed E-state index contributed by atoms with van der Waals surface area (Å²) < 4.78 is 0.930. The predicted octanol–water partition coefficient (Wildman–Crippen LogP) is 3.01. The minimum absolute atomic E-state index is 0.131. The van der Waals surface area contributed by atoms with Crippen LogP contribution in [-0.2, 0) is 13.1 Å². The highest BCUT2D eigenvalue weighted by molar-refractivity contribution is 9.10. The Morgan fingerprint density at radius 2 is 2.05 bits per heavy atom. The zero-order valence-corrected chi connectivity index (χ0v) is 12.6. The van der Waals surface area contributed by atoms with Gasteiger partial charge in [0, 0.05) is 23.1 Å². The molecular weight excluding hydrogens is 318 g/mol. The van der Waals surface area contributed by atoms with Gasteiger partial charge in [0.05, 0.1) is 5.69 Å². The number of anilines is 1. The number of fused-ring (bicyclic) bond motifs is 1. The first-order valence-corrected chi connectivity index (χ1v) is 7.20. The highest BCUT2D eigenvalue weighted by Gasteiger charge is 2.14. The molecular formula is C15H14BrN3O. The van der Waals surface area contributed by atoms with Crippen molar-refractivity contribution in [2.45, 2.75) is 20.0 Å². The maximum atomic E-state index is 12.2. The summed E-state index contributed by atoms with van der Waals surface area (Å²) >= 11 is 3.39. The van der Waals surface area contributed by atoms with Crippen LogP contribution in [0.2, 0.25) is 0 Å². The molecule has 0 saturated carbocycles. The number of hydrogen-bond donors (Lipinski definition) is 2. The summed E-state index contributed by atoms with van der Waals surface area (Å²) in [5.74, 6) is 0.434. The van der Waals surface area contributed by atoms with E-state index >= 15 is 0 Å². The molecule has 5 heteroatoms. The molecule has 0 unspecified atom stereocenters. The normalized spacial score (nSPS) is 13.1. The van der Waals surface area contributed by atoms with Crippen molar-refractivity contribution in [3.63, 3.8) is 0 Å². The highest BCUT2D eigenvalue weighted by atomic mass is 79.9. The van der Waals surface area contributed by atoms with Gasteiger partial charge in [-0.3, -0.25) is 4.79 Å². The van der Waals surface area contributed by atoms with Gasteiger partial charge in [-0.1, -0.05) is 6.07 Å². The largest absolute Gasteiger partial charge is 0.309 e. The van der Waals surface area contributed by atoms with Gasteiger partial charge in [0.1, 0.15) is 5.82 Å². The fraction of sp³-hybridized carbons (Fsp3) is 0.200. The number of nitrogens with one attached hydrogen (secondary N) is 2. The van der Waals surface area contributed by atoms with Crippen molar-refractivity contribution >= 4 is 27.7 Å². The van der Waals surface area contributed by atoms with E-state index in [1.165, 1.54) is 11.1 Å². The summed E-state index contributed by atoms with van der Waals surface area (Å²) in [4.78, 5) is 16.5. The number of amides is 1. The summed E-state index contributed by atoms with van der Waals surface area (Å²) in [7, 11) is 0. The molecule has 1 aliphatic heterocycles. The Morgan fingerprint density at radius 3 is 2.85 bits per heavy atom. The Hall–Kier alpha value is -1.72. The fourth-order valence-electron chi connectivity index (χ4n) is 2.24. The number of hydrogen-bond acceptors (Lipinski definition) is 3. The second kappa shape index (κ2) is 5.34. The third-order valence-electron chi connectivity index (χ3n) is 3.36. The monoisotopic (exact) mass is 331 g/mol. The van der Waals surface area contributed by atoms with E-state index in [2.05, 4.69) is 31.5 Å². The number of aromatic nitrogens is 1. The van der Waals surface area contributed by atoms with Crippen molar-refractivity contribution in [1.29, 1.82) is 0 Å². The Balaban J connectivity index is 1.80. The molecule has 102 valence electrons. The summed E-state index contributed by atoms with van der Waals surface area (Å²) in [6, 6.07) is 9.46. The lowest BCUT2D eigenvalue weighted by atomic mass is 10.1. The first-order chi connectivity index (χ1) is 9.63. The van der Waals surface area contributed by atoms with Crippen molar-refractivity contribution in [3.05, 3.63) is 57.2 Å². The number of pyridine rings is 1. The van der Waals surface area contributed by atoms with E-state index < -0.39 is 0 Å². The fourth-order valence-corrected chi connectivity index (χ4v) is 2.46. The molecule has 0 saturated heterocycles. The first-order valence-electron chi connectivity index (χ1n) is 6.40. The van der Waals surface area contributed by atoms with E-state index in [9.17, 15) is 4.79 Å². The molecule has 0 atom stereocenters. The van der Waals surface area contributed by atoms with Crippen LogP contribution < -0.4 is 10.6 Å². The Kier molecular flexibility index (Phi) is 3.54. The molecule has 2 aromatic rings. The average molecular weight is 332 g/mol. The smallest absolute Gasteiger partial charge is 0.256 e. The molecule has 1 aromatic heterocycles. The predicted molar refractivity (Wildman–Crippen MR) is 81.6 cm³/mol. The van der Waals surface area contributed by atoms with Crippen LogP contribution in [0.5, 0.6) is 0 Å². The molecule has 20 heavy (non-hydrogen) atoms. The second-order valence-corrected chi connectivity index (χ2v) is 5.66. The second-order valence-electron chi connectivity index (χ2n) is 4.80. The van der Waals surface area contributed by atoms with E-state index in [1.54, 1.807) is 6.07 Å². The van der Waals surface area contributed by atoms with E-state index in [1.807, 2.05) is 31.2 Å². The average Bonchev–Trinajstić information content (AvgIpc) is 2.90. The number of nitrogens with zero attached hydrogens (tertiary/aromatic N) is 1. The molecule has 0 aliphatic carbocycles. The van der Waals surface area contributed by atoms with Crippen LogP contribution in [0.25, 0.3) is 0 Å². The molecule has 1 amide bonds. The van der Waals surface area contributed by atoms with Gasteiger partial charge in [-0.2, -0.15) is 0 Å². The standard InChI is InChI=1S/C15H14BrN3O/c1-9-13(16)4-5-14(18-9)19-15(20)10-2-3-11-7-17-8-12(11)6-10/h2-6,17H,7-8H2,1H3,(H,18,19,20). The lowest BCUT2D eigenvalue weighted by Gasteiger charge is -2.07. The van der Waals surface area contributed by atoms with Gasteiger partial charge < -0.3 is 10.6 Å². The minimum Gasteiger partial charge on any atom is -0.309 e. The van der Waals surface area contributed by atoms with Gasteiger partial charge in [0.2, 0.25) is 0 Å². The summed E-state index contributed by atoms with van der Waals surface area (Å²) in [6.07, 6.45) is 0. The van der Waals surface area contributed by atoms with Crippen LogP contribution >= 0.6 is 15.9 Å². The Labute approximate surface area is 125 Å². The zero-order valence-electron chi connectivity index (χ0n) is 11.0. The maximum Gasteiger partial charge on any atom is 0.256 e. The van der Waals surface area contributed by atoms with Crippen molar-refractivity contribution in [2.24, 2.45) is 0 Å². The van der Waals surface area contributed by atoms with Gasteiger partial charge in [0.15, 0.2) is 0 Å². The third-order valence-corrected chi connectivity index (χ3v) is 4.20. The lowest BCUT2D eigenvalue weighted by Crippen LogP contribution is -2.13. The topological polar surface area (TPSA) is 54.0 Å². The quantitative estimate of drug-likeness (QED) is 0.889. The summed E-state index contributed by atoms with van der Waals surface area (Å²) in [6.45, 7) is 3.59. The molecule has 1 aliphatic rings. The lowest BCUT2D eigenvalue weighted by molar-refractivity contribution is 0.102. The maximum absolute atomic E-state index is 12.2. The van der Waals surface area contributed by atoms with Crippen molar-refractivity contribution in [2.75, 3.05) is 5.32 Å². The van der Waals surface area contributed by atoms with Crippen LogP contribution in [0.4, 0.5) is 5.82 Å². The molecule has 1 aromatic carbocycles. The number of benzene rings is 1. The number of halogens is 1. The molecule has 0 bridgehead atoms. The van der Waals surface area contributed by atoms with E-state index in [0.29, 0.717) is 11.4 Å². The van der Waals surface area contributed by atoms with Gasteiger partial charge in [-0.25, -0.2) is 4.98 Å². The van der Waals surface area contributed by atoms with Crippen LogP contribution in [-0.4, -0.2) is 10.9 Å². The Morgan fingerprint density at radius 1 is 1.25 bits per heavy atom. The molecule has 4 nitrogen and oxygen atoms in total. The Bertz CT molecular complexity index is 685. The summed E-state index contributed by atoms with van der Waals surface area (Å²) in [5.41, 5.74) is 3.97. The van der Waals surface area contributed by atoms with Crippen LogP contribution in [0.1, 0.15) is 27.2 Å². The van der Waals surface area contributed by atoms with Crippen LogP contribution in [0.3, 0.4) is 0 Å². The molecule has 0 fully saturated rings. The number of rotatable bonds is 2. The van der Waals surface area contributed by atoms with Crippen molar-refractivity contribution < 1.29 is 4.79 Å². The number of carbonyl (C=O) groups is 1.